The van der Waals surface area contributed by atoms with Gasteiger partial charge in [0.2, 0.25) is 23.6 Å². The Kier molecular flexibility index (Phi) is 36.4. The van der Waals surface area contributed by atoms with Crippen LogP contribution in [0.5, 0.6) is 0 Å². The number of hydrogen-bond donors (Lipinski definition) is 32. The first-order valence-corrected chi connectivity index (χ1v) is 39.1. The van der Waals surface area contributed by atoms with Crippen LogP contribution >= 0.6 is 0 Å². The van der Waals surface area contributed by atoms with E-state index in [-0.39, 0.29) is 0 Å². The summed E-state index contributed by atoms with van der Waals surface area (Å²) in [4.78, 5) is 51.3. The van der Waals surface area contributed by atoms with Gasteiger partial charge < -0.3 is 254 Å². The van der Waals surface area contributed by atoms with E-state index in [9.17, 15) is 162 Å². The van der Waals surface area contributed by atoms with Gasteiger partial charge in [0.25, 0.3) is 0 Å². The Morgan fingerprint density at radius 3 is 0.780 bits per heavy atom. The maximum Gasteiger partial charge on any atom is 0.217 e. The molecule has 10 fully saturated rings. The van der Waals surface area contributed by atoms with Gasteiger partial charge in [0.1, 0.15) is 244 Å². The maximum absolute atomic E-state index is 13.2. The minimum Gasteiger partial charge on any atom is -0.394 e. The summed E-state index contributed by atoms with van der Waals surface area (Å²) in [5, 5.41) is 321. The highest BCUT2D eigenvalue weighted by molar-refractivity contribution is 5.74. The minimum absolute atomic E-state index is 0.802. The summed E-state index contributed by atoms with van der Waals surface area (Å²) in [5.41, 5.74) is 0. The van der Waals surface area contributed by atoms with Crippen LogP contribution in [-0.2, 0) is 109 Å². The summed E-state index contributed by atoms with van der Waals surface area (Å²) in [6, 6.07) is -7.61. The van der Waals surface area contributed by atoms with E-state index < -0.39 is 397 Å². The zero-order valence-electron chi connectivity index (χ0n) is 65.9. The van der Waals surface area contributed by atoms with Crippen LogP contribution in [0.15, 0.2) is 0 Å². The summed E-state index contributed by atoms with van der Waals surface area (Å²) in [6.07, 6.45) is -97.2. The van der Waals surface area contributed by atoms with Crippen molar-refractivity contribution in [1.82, 2.24) is 21.3 Å². The Hall–Kier alpha value is -4.00. The van der Waals surface area contributed by atoms with Crippen LogP contribution in [0.3, 0.4) is 0 Å². The lowest BCUT2D eigenvalue weighted by Gasteiger charge is -2.51. The largest absolute Gasteiger partial charge is 0.394 e. The van der Waals surface area contributed by atoms with Gasteiger partial charge in [0, 0.05) is 27.7 Å². The number of rotatable bonds is 32. The molecule has 0 saturated carbocycles. The maximum atomic E-state index is 13.2. The molecule has 0 radical (unpaired) electrons. The van der Waals surface area contributed by atoms with E-state index in [4.69, 9.17) is 90.0 Å². The van der Waals surface area contributed by atoms with Gasteiger partial charge in [0.15, 0.2) is 62.9 Å². The monoisotopic (exact) mass is 1800 g/mol. The number of hydrogen-bond acceptors (Lipinski definition) is 51. The van der Waals surface area contributed by atoms with Crippen molar-refractivity contribution in [3.8, 4) is 0 Å². The van der Waals surface area contributed by atoms with Crippen LogP contribution in [-0.4, -0.2) is 539 Å². The van der Waals surface area contributed by atoms with E-state index in [1.165, 1.54) is 0 Å². The van der Waals surface area contributed by atoms with Crippen LogP contribution in [0.25, 0.3) is 0 Å². The molecule has 32 N–H and O–H groups in total. The first-order chi connectivity index (χ1) is 58.2. The van der Waals surface area contributed by atoms with Gasteiger partial charge in [-0.1, -0.05) is 0 Å². The molecule has 55 nitrogen and oxygen atoms in total. The minimum atomic E-state index is -2.62. The molecular weight excluding hydrogens is 1690 g/mol. The second kappa shape index (κ2) is 44.3. The molecule has 0 aromatic rings. The second-order valence-electron chi connectivity index (χ2n) is 31.0. The molecule has 10 aliphatic heterocycles. The van der Waals surface area contributed by atoms with E-state index in [0.29, 0.717) is 0 Å². The standard InChI is InChI=1S/C68H114N4O51/c1-15(82)69-29-39(92)51(24(10-78)106-59(29)104)116-60-30(70-16(2)83)40(93)54(26(12-80)112-60)119-66-50(103)56(38(91)28(115-66)14-105-67-57(45(98)35(88)21(7-75)110-67)122-61-31(71-17(3)84)41(94)52(25(11-79)113-61)117-63-47(100)43(96)33(86)19(5-73)107-63)121-68-58(46(99)36(89)22(8-76)111-68)123-62-32(72-18(4)85)42(95)53(27(13-81)114-62)118-65-49(102)55(37(90)23(9-77)109-65)120-64-48(101)44(97)34(87)20(6-74)108-64/h19-68,73-81,86-104H,5-14H2,1-4H3,(H,69,82)(H,70,83)(H,71,84)(H,72,85)/t19-,20-,21-,22-,23-,24-,25-,26-,27-,28-,29-,30-,31-,32-,33+,34+,35-,36-,37+,38-,39-,40-,41-,42-,43+,44+,45+,46+,47-,48-,49-,50+,51-,52-,53-,54-,55+,56+,57+,58+,59-,60+,61+,62+,63+,64-,65+,66+,67+,68-/m1/s1. The smallest absolute Gasteiger partial charge is 0.217 e. The lowest BCUT2D eigenvalue weighted by atomic mass is 9.93. The molecule has 123 heavy (non-hydrogen) atoms. The molecule has 4 amide bonds. The summed E-state index contributed by atoms with van der Waals surface area (Å²) in [5.74, 6) is -3.73. The third kappa shape index (κ3) is 22.3. The van der Waals surface area contributed by atoms with Gasteiger partial charge in [-0.25, -0.2) is 0 Å². The topological polar surface area (TPSA) is 858 Å². The summed E-state index contributed by atoms with van der Waals surface area (Å²) >= 11 is 0. The zero-order valence-corrected chi connectivity index (χ0v) is 65.9. The Labute approximate surface area is 695 Å². The summed E-state index contributed by atoms with van der Waals surface area (Å²) in [7, 11) is 0. The van der Waals surface area contributed by atoms with Crippen molar-refractivity contribution in [3.63, 3.8) is 0 Å². The Bertz CT molecular complexity index is 3310. The van der Waals surface area contributed by atoms with Gasteiger partial charge in [-0.2, -0.15) is 0 Å². The number of carbonyl (C=O) groups is 4. The van der Waals surface area contributed by atoms with E-state index in [0.717, 1.165) is 27.7 Å². The highest BCUT2D eigenvalue weighted by Gasteiger charge is 2.62. The Morgan fingerprint density at radius 1 is 0.211 bits per heavy atom. The van der Waals surface area contributed by atoms with Crippen molar-refractivity contribution < 1.29 is 252 Å². The molecular formula is C68H114N4O51. The van der Waals surface area contributed by atoms with E-state index in [1.54, 1.807) is 0 Å². The average Bonchev–Trinajstić information content (AvgIpc) is 0.765. The number of aliphatic hydroxyl groups is 28. The molecule has 10 rings (SSSR count). The average molecular weight is 1800 g/mol. The molecule has 55 heteroatoms. The fraction of sp³-hybridized carbons (Fsp3) is 0.941. The zero-order chi connectivity index (χ0) is 90.5. The quantitative estimate of drug-likeness (QED) is 0.0297. The highest BCUT2D eigenvalue weighted by atomic mass is 16.8. The normalized spacial score (nSPS) is 49.4. The summed E-state index contributed by atoms with van der Waals surface area (Å²) < 4.78 is 112. The fourth-order valence-electron chi connectivity index (χ4n) is 15.9. The first kappa shape index (κ1) is 101. The number of nitrogens with one attached hydrogen (secondary N) is 4. The van der Waals surface area contributed by atoms with E-state index >= 15 is 0 Å². The molecule has 712 valence electrons. The predicted molar refractivity (Wildman–Crippen MR) is 376 cm³/mol. The molecule has 0 aliphatic carbocycles. The van der Waals surface area contributed by atoms with Gasteiger partial charge in [-0.3, -0.25) is 19.2 Å². The first-order valence-electron chi connectivity index (χ1n) is 39.1. The van der Waals surface area contributed by atoms with Crippen molar-refractivity contribution >= 4 is 23.6 Å². The summed E-state index contributed by atoms with van der Waals surface area (Å²) in [6.45, 7) is -7.45. The molecule has 0 spiro atoms. The molecule has 50 atom stereocenters. The third-order valence-electron chi connectivity index (χ3n) is 22.5. The lowest BCUT2D eigenvalue weighted by molar-refractivity contribution is -0.400. The van der Waals surface area contributed by atoms with Crippen molar-refractivity contribution in [2.24, 2.45) is 0 Å². The van der Waals surface area contributed by atoms with Gasteiger partial charge in [-0.05, 0) is 0 Å². The lowest BCUT2D eigenvalue weighted by Crippen LogP contribution is -2.71. The molecule has 10 saturated heterocycles. The number of aliphatic hydroxyl groups excluding tert-OH is 28. The van der Waals surface area contributed by atoms with Crippen molar-refractivity contribution in [2.75, 3.05) is 66.1 Å². The van der Waals surface area contributed by atoms with Crippen LogP contribution in [0.4, 0.5) is 0 Å². The highest BCUT2D eigenvalue weighted by Crippen LogP contribution is 2.41. The Balaban J connectivity index is 0.970. The van der Waals surface area contributed by atoms with Crippen LogP contribution in [0.2, 0.25) is 0 Å². The second-order valence-corrected chi connectivity index (χ2v) is 31.0. The molecule has 0 bridgehead atoms. The molecule has 10 aliphatic rings. The predicted octanol–water partition coefficient (Wildman–Crippen LogP) is -22.2. The van der Waals surface area contributed by atoms with Gasteiger partial charge in [0.05, 0.1) is 66.1 Å². The number of carbonyl (C=O) groups excluding carboxylic acids is 4. The molecule has 0 aromatic heterocycles. The van der Waals surface area contributed by atoms with Crippen molar-refractivity contribution in [1.29, 1.82) is 0 Å². The third-order valence-corrected chi connectivity index (χ3v) is 22.5. The van der Waals surface area contributed by atoms with Crippen molar-refractivity contribution in [2.45, 2.75) is 335 Å². The molecule has 0 aromatic carbocycles. The van der Waals surface area contributed by atoms with Crippen LogP contribution in [0, 0.1) is 0 Å². The number of amides is 4. The SMILES string of the molecule is CC(=O)N[C@@H]1[C@@H](O)[C@H](O[C@@H]2O[C@H](CO)[C@@H](O[C@@H]3O[C@H](CO[C@H]4O[C@H](CO)[C@@H](O)[C@H](O)[C@@H]4O[C@@H]4O[C@H](CO)[C@@H](O[C@@H]5O[C@H](CO)[C@H](O)[C@H](O)[C@H]5O)[C@H](O)[C@H]4NC(C)=O)[C@@H](O)[C@H](O[C@H]4O[C@H](CO)[C@@H](O)[C@H](O)[C@@H]4O[C@@H]4O[C@H](CO)[C@@H](O[C@@H]5O[C@H](CO)[C@H](O)[C@H](O[C@H]6O[C@H](CO)[C@H](O)[C@H](O)[C@H]6O)[C@H]5O)[C@H](O)[C@H]4NC(C)=O)[C@@H]3O)[C@H](O)[C@H]2NC(C)=O)[C@@H](CO)O[C@H]1O. The van der Waals surface area contributed by atoms with Crippen molar-refractivity contribution in [3.05, 3.63) is 0 Å². The van der Waals surface area contributed by atoms with Crippen LogP contribution < -0.4 is 21.3 Å². The Morgan fingerprint density at radius 2 is 0.439 bits per heavy atom. The van der Waals surface area contributed by atoms with Crippen LogP contribution in [0.1, 0.15) is 27.7 Å². The fourth-order valence-corrected chi connectivity index (χ4v) is 15.9. The number of ether oxygens (including phenoxy) is 19. The molecule has 10 heterocycles. The van der Waals surface area contributed by atoms with E-state index in [1.807, 2.05) is 0 Å². The van der Waals surface area contributed by atoms with Gasteiger partial charge in [-0.15, -0.1) is 0 Å². The van der Waals surface area contributed by atoms with E-state index in [2.05, 4.69) is 21.3 Å². The van der Waals surface area contributed by atoms with Gasteiger partial charge >= 0.3 is 0 Å². The molecule has 0 unspecified atom stereocenters.